The van der Waals surface area contributed by atoms with Gasteiger partial charge >= 0.3 is 0 Å². The molecule has 0 bridgehead atoms. The van der Waals surface area contributed by atoms with Gasteiger partial charge in [0.1, 0.15) is 0 Å². The van der Waals surface area contributed by atoms with Gasteiger partial charge in [-0.15, -0.1) is 17.0 Å². The molecular weight excluding hydrogens is 466 g/mol. The fourth-order valence-electron chi connectivity index (χ4n) is 5.07. The smallest absolute Gasteiger partial charge is 0.00773 e. The topological polar surface area (TPSA) is 26.0 Å². The summed E-state index contributed by atoms with van der Waals surface area (Å²) in [6, 6.07) is 33.4. The minimum absolute atomic E-state index is 0. The zero-order valence-corrected chi connectivity index (χ0v) is 21.8. The Bertz CT molecular complexity index is 746. The quantitative estimate of drug-likeness (QED) is 0.205. The number of hydrogen-bond donors (Lipinski definition) is 1. The highest BCUT2D eigenvalue weighted by atomic mass is 79.9. The molecule has 2 N–H and O–H groups in total. The molecule has 0 amide bonds. The highest BCUT2D eigenvalue weighted by Crippen LogP contribution is 2.37. The van der Waals surface area contributed by atoms with E-state index in [1.165, 1.54) is 68.1 Å². The Morgan fingerprint density at radius 1 is 0.455 bits per heavy atom. The maximum Gasteiger partial charge on any atom is -0.00773 e. The highest BCUT2D eigenvalue weighted by molar-refractivity contribution is 8.93. The van der Waals surface area contributed by atoms with Crippen molar-refractivity contribution in [1.29, 1.82) is 0 Å². The van der Waals surface area contributed by atoms with Crippen LogP contribution < -0.4 is 5.73 Å². The van der Waals surface area contributed by atoms with Gasteiger partial charge in [-0.05, 0) is 60.8 Å². The lowest BCUT2D eigenvalue weighted by atomic mass is 9.69. The molecule has 0 fully saturated rings. The van der Waals surface area contributed by atoms with Crippen LogP contribution in [0.15, 0.2) is 91.0 Å². The molecule has 0 radical (unpaired) electrons. The van der Waals surface area contributed by atoms with Gasteiger partial charge in [0.25, 0.3) is 0 Å². The van der Waals surface area contributed by atoms with Gasteiger partial charge in [0.05, 0.1) is 0 Å². The summed E-state index contributed by atoms with van der Waals surface area (Å²) in [5.41, 5.74) is 10.2. The molecule has 3 rings (SSSR count). The van der Waals surface area contributed by atoms with Crippen molar-refractivity contribution in [2.75, 3.05) is 6.54 Å². The second-order valence-corrected chi connectivity index (χ2v) is 9.50. The minimum atomic E-state index is 0. The predicted octanol–water partition coefficient (Wildman–Crippen LogP) is 8.36. The fourth-order valence-corrected chi connectivity index (χ4v) is 5.07. The Morgan fingerprint density at radius 2 is 0.788 bits per heavy atom. The Morgan fingerprint density at radius 3 is 1.15 bits per heavy atom. The van der Waals surface area contributed by atoms with E-state index in [9.17, 15) is 0 Å². The molecule has 0 saturated carbocycles. The zero-order chi connectivity index (χ0) is 22.3. The monoisotopic (exact) mass is 507 g/mol. The molecule has 0 aromatic heterocycles. The molecule has 33 heavy (non-hydrogen) atoms. The van der Waals surface area contributed by atoms with Crippen LogP contribution in [0.4, 0.5) is 0 Å². The lowest BCUT2D eigenvalue weighted by Crippen LogP contribution is -2.30. The van der Waals surface area contributed by atoms with Crippen molar-refractivity contribution in [2.45, 2.75) is 70.6 Å². The number of rotatable bonds is 15. The molecule has 0 aliphatic carbocycles. The second kappa shape index (κ2) is 15.9. The van der Waals surface area contributed by atoms with Crippen molar-refractivity contribution in [3.63, 3.8) is 0 Å². The van der Waals surface area contributed by atoms with Gasteiger partial charge < -0.3 is 5.73 Å². The van der Waals surface area contributed by atoms with Gasteiger partial charge in [0.2, 0.25) is 0 Å². The molecule has 0 heterocycles. The molecule has 0 aliphatic rings. The predicted molar refractivity (Wildman–Crippen MR) is 149 cm³/mol. The van der Waals surface area contributed by atoms with Gasteiger partial charge in [0.15, 0.2) is 0 Å². The maximum atomic E-state index is 5.63. The molecule has 0 aliphatic heterocycles. The van der Waals surface area contributed by atoms with E-state index in [1.807, 2.05) is 0 Å². The normalized spacial score (nSPS) is 11.2. The summed E-state index contributed by atoms with van der Waals surface area (Å²) >= 11 is 0. The van der Waals surface area contributed by atoms with Gasteiger partial charge in [-0.1, -0.05) is 130 Å². The Balaban J connectivity index is 0.00000385. The van der Waals surface area contributed by atoms with Crippen LogP contribution in [-0.2, 0) is 19.3 Å². The Labute approximate surface area is 212 Å². The third kappa shape index (κ3) is 10.3. The molecule has 3 aromatic rings. The van der Waals surface area contributed by atoms with E-state index in [1.54, 1.807) is 0 Å². The third-order valence-corrected chi connectivity index (χ3v) is 6.68. The van der Waals surface area contributed by atoms with E-state index in [0.717, 1.165) is 25.8 Å². The standard InChI is InChI=1S/C31H41N.BrH/c32-24-16-5-3-1-2-4-15-23-31(25-28-17-9-6-10-18-28,26-29-19-11-7-12-20-29)27-30-21-13-8-14-22-30;/h6-14,17-22H,1-5,15-16,23-27,32H2;1H. The van der Waals surface area contributed by atoms with Crippen molar-refractivity contribution in [3.8, 4) is 0 Å². The number of unbranched alkanes of at least 4 members (excludes halogenated alkanes) is 6. The Kier molecular flexibility index (Phi) is 13.1. The largest absolute Gasteiger partial charge is 0.330 e. The van der Waals surface area contributed by atoms with Crippen molar-refractivity contribution < 1.29 is 0 Å². The first-order valence-electron chi connectivity index (χ1n) is 12.6. The van der Waals surface area contributed by atoms with E-state index < -0.39 is 0 Å². The van der Waals surface area contributed by atoms with E-state index in [4.69, 9.17) is 5.73 Å². The lowest BCUT2D eigenvalue weighted by molar-refractivity contribution is 0.243. The van der Waals surface area contributed by atoms with Crippen LogP contribution in [0.5, 0.6) is 0 Å². The van der Waals surface area contributed by atoms with Gasteiger partial charge in [-0.25, -0.2) is 0 Å². The maximum absolute atomic E-state index is 5.63. The summed E-state index contributed by atoms with van der Waals surface area (Å²) in [4.78, 5) is 0. The summed E-state index contributed by atoms with van der Waals surface area (Å²) in [6.07, 6.45) is 13.8. The Hall–Kier alpha value is -1.90. The van der Waals surface area contributed by atoms with Crippen molar-refractivity contribution in [2.24, 2.45) is 11.1 Å². The average Bonchev–Trinajstić information content (AvgIpc) is 2.83. The molecule has 2 heteroatoms. The van der Waals surface area contributed by atoms with Crippen LogP contribution in [0, 0.1) is 5.41 Å². The molecule has 0 unspecified atom stereocenters. The summed E-state index contributed by atoms with van der Waals surface area (Å²) in [7, 11) is 0. The van der Waals surface area contributed by atoms with E-state index >= 15 is 0 Å². The average molecular weight is 509 g/mol. The van der Waals surface area contributed by atoms with E-state index in [0.29, 0.717) is 0 Å². The molecular formula is C31H42BrN. The van der Waals surface area contributed by atoms with Crippen molar-refractivity contribution >= 4 is 17.0 Å². The summed E-state index contributed by atoms with van der Waals surface area (Å²) in [6.45, 7) is 0.834. The number of halogens is 1. The zero-order valence-electron chi connectivity index (χ0n) is 20.1. The third-order valence-electron chi connectivity index (χ3n) is 6.68. The fraction of sp³-hybridized carbons (Fsp3) is 0.419. The van der Waals surface area contributed by atoms with Gasteiger partial charge in [0, 0.05) is 0 Å². The SMILES string of the molecule is Br.NCCCCCCCCCC(Cc1ccccc1)(Cc1ccccc1)Cc1ccccc1. The highest BCUT2D eigenvalue weighted by Gasteiger charge is 2.30. The van der Waals surface area contributed by atoms with Crippen LogP contribution in [0.2, 0.25) is 0 Å². The van der Waals surface area contributed by atoms with Crippen LogP contribution >= 0.6 is 17.0 Å². The van der Waals surface area contributed by atoms with Gasteiger partial charge in [-0.3, -0.25) is 0 Å². The molecule has 3 aromatic carbocycles. The van der Waals surface area contributed by atoms with Crippen LogP contribution in [0.3, 0.4) is 0 Å². The number of nitrogens with two attached hydrogens (primary N) is 1. The summed E-state index contributed by atoms with van der Waals surface area (Å²) in [5, 5.41) is 0. The van der Waals surface area contributed by atoms with Crippen molar-refractivity contribution in [3.05, 3.63) is 108 Å². The number of benzene rings is 3. The van der Waals surface area contributed by atoms with E-state index in [-0.39, 0.29) is 22.4 Å². The van der Waals surface area contributed by atoms with Crippen LogP contribution in [0.1, 0.15) is 68.1 Å². The van der Waals surface area contributed by atoms with Crippen molar-refractivity contribution in [1.82, 2.24) is 0 Å². The first kappa shape index (κ1) is 27.3. The number of hydrogen-bond acceptors (Lipinski definition) is 1. The van der Waals surface area contributed by atoms with Gasteiger partial charge in [-0.2, -0.15) is 0 Å². The molecule has 0 spiro atoms. The lowest BCUT2D eigenvalue weighted by Gasteiger charge is -2.35. The molecule has 178 valence electrons. The molecule has 0 atom stereocenters. The molecule has 1 nitrogen and oxygen atoms in total. The van der Waals surface area contributed by atoms with Crippen LogP contribution in [0.25, 0.3) is 0 Å². The molecule has 0 saturated heterocycles. The second-order valence-electron chi connectivity index (χ2n) is 9.50. The summed E-state index contributed by atoms with van der Waals surface area (Å²) in [5.74, 6) is 0. The first-order valence-corrected chi connectivity index (χ1v) is 12.6. The first-order chi connectivity index (χ1) is 15.8. The van der Waals surface area contributed by atoms with E-state index in [2.05, 4.69) is 91.0 Å². The van der Waals surface area contributed by atoms with Crippen LogP contribution in [-0.4, -0.2) is 6.54 Å². The minimum Gasteiger partial charge on any atom is -0.330 e. The summed E-state index contributed by atoms with van der Waals surface area (Å²) < 4.78 is 0.